The fraction of sp³-hybridized carbons (Fsp3) is 0.0769. The van der Waals surface area contributed by atoms with Gasteiger partial charge in [-0.25, -0.2) is 19.2 Å². The highest BCUT2D eigenvalue weighted by Gasteiger charge is 2.34. The van der Waals surface area contributed by atoms with Gasteiger partial charge < -0.3 is 20.3 Å². The number of halogens is 1. The Hall–Kier alpha value is -4.99. The van der Waals surface area contributed by atoms with Gasteiger partial charge in [0.25, 0.3) is 5.91 Å². The molecule has 1 aliphatic rings. The number of hydrogen-bond acceptors (Lipinski definition) is 7. The van der Waals surface area contributed by atoms with Gasteiger partial charge >= 0.3 is 6.16 Å². The van der Waals surface area contributed by atoms with Crippen molar-refractivity contribution in [1.29, 1.82) is 0 Å². The van der Waals surface area contributed by atoms with E-state index in [2.05, 4.69) is 9.97 Å². The summed E-state index contributed by atoms with van der Waals surface area (Å²) in [6, 6.07) is 21.1. The smallest absolute Gasteiger partial charge is 0.457 e. The number of hydrogen-bond donors (Lipinski definition) is 2. The Kier molecular flexibility index (Phi) is 5.91. The van der Waals surface area contributed by atoms with Gasteiger partial charge in [-0.1, -0.05) is 18.2 Å². The maximum Gasteiger partial charge on any atom is 0.507 e. The van der Waals surface area contributed by atoms with Gasteiger partial charge in [0.2, 0.25) is 0 Å². The zero-order valence-electron chi connectivity index (χ0n) is 18.7. The van der Waals surface area contributed by atoms with E-state index in [1.54, 1.807) is 29.2 Å². The topological polar surface area (TPSA) is 128 Å². The predicted octanol–water partition coefficient (Wildman–Crippen LogP) is 4.89. The first kappa shape index (κ1) is 22.8. The minimum absolute atomic E-state index is 0.0416. The fourth-order valence-corrected chi connectivity index (χ4v) is 3.96. The van der Waals surface area contributed by atoms with Crippen molar-refractivity contribution in [3.8, 4) is 22.9 Å². The zero-order valence-corrected chi connectivity index (χ0v) is 18.7. The Balaban J connectivity index is 1.51. The number of benzene rings is 3. The van der Waals surface area contributed by atoms with E-state index < -0.39 is 18.3 Å². The van der Waals surface area contributed by atoms with Gasteiger partial charge in [-0.05, 0) is 60.2 Å². The van der Waals surface area contributed by atoms with Crippen LogP contribution < -0.4 is 15.4 Å². The largest absolute Gasteiger partial charge is 0.507 e. The van der Waals surface area contributed by atoms with Crippen molar-refractivity contribution >= 4 is 23.6 Å². The van der Waals surface area contributed by atoms with Gasteiger partial charge in [0.15, 0.2) is 12.1 Å². The summed E-state index contributed by atoms with van der Waals surface area (Å²) in [6.07, 6.45) is -2.00. The molecule has 1 atom stereocenters. The number of fused-ring (bicyclic) bond motifs is 1. The standard InChI is InChI=1S/C26H19FN4O5/c27-17-7-11-19(12-8-17)35-18-9-5-15(6-10-18)25-29-20(24(28)32)14-22(30-25)31-21-4-2-1-3-16(21)13-23(31)36-26(33)34/h1-12,14,23H,13H2,(H2,28,32)(H,33,34)/t23-/m0/s1. The van der Waals surface area contributed by atoms with Gasteiger partial charge in [-0.15, -0.1) is 0 Å². The molecule has 180 valence electrons. The van der Waals surface area contributed by atoms with Gasteiger partial charge in [-0.3, -0.25) is 9.69 Å². The van der Waals surface area contributed by atoms with E-state index >= 15 is 0 Å². The number of nitrogens with zero attached hydrogens (tertiary/aromatic N) is 3. The Labute approximate surface area is 204 Å². The molecular weight excluding hydrogens is 467 g/mol. The third kappa shape index (κ3) is 4.64. The number of amides is 1. The van der Waals surface area contributed by atoms with E-state index in [0.29, 0.717) is 29.2 Å². The zero-order chi connectivity index (χ0) is 25.2. The fourth-order valence-electron chi connectivity index (χ4n) is 3.96. The first-order valence-electron chi connectivity index (χ1n) is 10.9. The van der Waals surface area contributed by atoms with Crippen LogP contribution in [-0.4, -0.2) is 33.4 Å². The molecule has 3 N–H and O–H groups in total. The molecule has 4 aromatic rings. The molecule has 0 fully saturated rings. The van der Waals surface area contributed by atoms with Crippen molar-refractivity contribution in [3.05, 3.63) is 95.9 Å². The van der Waals surface area contributed by atoms with Crippen LogP contribution in [0.1, 0.15) is 16.1 Å². The lowest BCUT2D eigenvalue weighted by Crippen LogP contribution is -2.33. The number of aromatic nitrogens is 2. The Morgan fingerprint density at radius 3 is 2.31 bits per heavy atom. The van der Waals surface area contributed by atoms with Gasteiger partial charge in [0, 0.05) is 23.7 Å². The SMILES string of the molecule is NC(=O)c1cc(N2c3ccccc3C[C@@H]2OC(=O)O)nc(-c2ccc(Oc3ccc(F)cc3)cc2)n1. The number of anilines is 2. The summed E-state index contributed by atoms with van der Waals surface area (Å²) in [5, 5.41) is 9.25. The Bertz CT molecular complexity index is 1440. The number of carbonyl (C=O) groups excluding carboxylic acids is 1. The third-order valence-electron chi connectivity index (χ3n) is 5.54. The molecule has 0 aliphatic carbocycles. The summed E-state index contributed by atoms with van der Waals surface area (Å²) in [4.78, 5) is 33.9. The molecule has 10 heteroatoms. The van der Waals surface area contributed by atoms with E-state index in [1.165, 1.54) is 30.3 Å². The van der Waals surface area contributed by atoms with Crippen LogP contribution in [0.3, 0.4) is 0 Å². The summed E-state index contributed by atoms with van der Waals surface area (Å²) in [7, 11) is 0. The van der Waals surface area contributed by atoms with Crippen LogP contribution in [0.25, 0.3) is 11.4 Å². The number of primary amides is 1. The van der Waals surface area contributed by atoms with Crippen LogP contribution in [0.5, 0.6) is 11.5 Å². The predicted molar refractivity (Wildman–Crippen MR) is 128 cm³/mol. The van der Waals surface area contributed by atoms with E-state index in [0.717, 1.165) is 5.56 Å². The van der Waals surface area contributed by atoms with Crippen LogP contribution in [0.4, 0.5) is 20.7 Å². The quantitative estimate of drug-likeness (QED) is 0.369. The summed E-state index contributed by atoms with van der Waals surface area (Å²) in [6.45, 7) is 0. The second-order valence-electron chi connectivity index (χ2n) is 7.92. The molecule has 2 heterocycles. The van der Waals surface area contributed by atoms with Crippen LogP contribution in [0.15, 0.2) is 78.9 Å². The average Bonchev–Trinajstić information content (AvgIpc) is 3.22. The molecule has 0 unspecified atom stereocenters. The molecule has 0 saturated carbocycles. The molecule has 0 radical (unpaired) electrons. The van der Waals surface area contributed by atoms with Gasteiger partial charge in [0.1, 0.15) is 28.8 Å². The maximum absolute atomic E-state index is 13.1. The average molecular weight is 486 g/mol. The third-order valence-corrected chi connectivity index (χ3v) is 5.54. The van der Waals surface area contributed by atoms with Crippen LogP contribution >= 0.6 is 0 Å². The number of carbonyl (C=O) groups is 2. The van der Waals surface area contributed by atoms with Crippen molar-refractivity contribution in [2.45, 2.75) is 12.6 Å². The van der Waals surface area contributed by atoms with Crippen molar-refractivity contribution in [1.82, 2.24) is 9.97 Å². The molecule has 3 aromatic carbocycles. The highest BCUT2D eigenvalue weighted by atomic mass is 19.1. The minimum Gasteiger partial charge on any atom is -0.457 e. The van der Waals surface area contributed by atoms with Crippen LogP contribution in [-0.2, 0) is 11.2 Å². The van der Waals surface area contributed by atoms with Gasteiger partial charge in [0.05, 0.1) is 0 Å². The van der Waals surface area contributed by atoms with Crippen molar-refractivity contribution in [2.75, 3.05) is 4.90 Å². The van der Waals surface area contributed by atoms with E-state index in [4.69, 9.17) is 15.2 Å². The minimum atomic E-state index is -1.43. The maximum atomic E-state index is 13.1. The van der Waals surface area contributed by atoms with E-state index in [1.807, 2.05) is 24.3 Å². The highest BCUT2D eigenvalue weighted by Crippen LogP contribution is 2.38. The molecule has 0 bridgehead atoms. The van der Waals surface area contributed by atoms with Gasteiger partial charge in [-0.2, -0.15) is 0 Å². The normalized spacial score (nSPS) is 14.2. The number of rotatable bonds is 6. The second kappa shape index (κ2) is 9.34. The molecular formula is C26H19FN4O5. The monoisotopic (exact) mass is 486 g/mol. The van der Waals surface area contributed by atoms with Crippen molar-refractivity contribution < 1.29 is 28.6 Å². The number of ether oxygens (including phenoxy) is 2. The molecule has 1 amide bonds. The highest BCUT2D eigenvalue weighted by molar-refractivity contribution is 5.92. The lowest BCUT2D eigenvalue weighted by Gasteiger charge is -2.25. The second-order valence-corrected chi connectivity index (χ2v) is 7.92. The molecule has 0 spiro atoms. The summed E-state index contributed by atoms with van der Waals surface area (Å²) in [5.41, 5.74) is 7.63. The first-order valence-corrected chi connectivity index (χ1v) is 10.9. The van der Waals surface area contributed by atoms with Crippen molar-refractivity contribution in [2.24, 2.45) is 5.73 Å². The van der Waals surface area contributed by atoms with E-state index in [9.17, 15) is 19.1 Å². The summed E-state index contributed by atoms with van der Waals surface area (Å²) < 4.78 is 24.0. The lowest BCUT2D eigenvalue weighted by molar-refractivity contribution is 0.0574. The molecule has 5 rings (SSSR count). The van der Waals surface area contributed by atoms with E-state index in [-0.39, 0.29) is 23.2 Å². The van der Waals surface area contributed by atoms with Crippen LogP contribution in [0, 0.1) is 5.82 Å². The number of carboxylic acid groups (broad SMARTS) is 1. The number of nitrogens with two attached hydrogens (primary N) is 1. The summed E-state index contributed by atoms with van der Waals surface area (Å²) in [5.74, 6) is 0.302. The lowest BCUT2D eigenvalue weighted by atomic mass is 10.2. The van der Waals surface area contributed by atoms with Crippen molar-refractivity contribution in [3.63, 3.8) is 0 Å². The summed E-state index contributed by atoms with van der Waals surface area (Å²) >= 11 is 0. The number of para-hydroxylation sites is 1. The Morgan fingerprint density at radius 1 is 0.972 bits per heavy atom. The first-order chi connectivity index (χ1) is 17.4. The van der Waals surface area contributed by atoms with Crippen LogP contribution in [0.2, 0.25) is 0 Å². The molecule has 1 aliphatic heterocycles. The molecule has 0 saturated heterocycles. The molecule has 9 nitrogen and oxygen atoms in total. The Morgan fingerprint density at radius 2 is 1.64 bits per heavy atom. The molecule has 36 heavy (non-hydrogen) atoms. The molecule has 1 aromatic heterocycles.